The van der Waals surface area contributed by atoms with Crippen molar-refractivity contribution in [2.75, 3.05) is 4.90 Å². The van der Waals surface area contributed by atoms with Gasteiger partial charge < -0.3 is 5.11 Å². The van der Waals surface area contributed by atoms with Gasteiger partial charge >= 0.3 is 0 Å². The molecule has 1 atom stereocenters. The van der Waals surface area contributed by atoms with Crippen LogP contribution >= 0.6 is 11.6 Å². The smallest absolute Gasteiger partial charge is 0.300 e. The van der Waals surface area contributed by atoms with E-state index in [4.69, 9.17) is 11.6 Å². The number of aliphatic hydroxyl groups excluding tert-OH is 1. The molecule has 29 heavy (non-hydrogen) atoms. The van der Waals surface area contributed by atoms with Crippen molar-refractivity contribution in [2.45, 2.75) is 13.0 Å². The average molecular weight is 404 g/mol. The Morgan fingerprint density at radius 2 is 1.62 bits per heavy atom. The van der Waals surface area contributed by atoms with E-state index in [1.54, 1.807) is 54.6 Å². The van der Waals surface area contributed by atoms with Gasteiger partial charge in [-0.05, 0) is 36.2 Å². The van der Waals surface area contributed by atoms with Crippen molar-refractivity contribution in [1.29, 1.82) is 0 Å². The molecule has 1 heterocycles. The fraction of sp³-hybridized carbons (Fsp3) is 0.0833. The van der Waals surface area contributed by atoms with Crippen LogP contribution in [0.3, 0.4) is 0 Å². The van der Waals surface area contributed by atoms with Crippen LogP contribution in [0.25, 0.3) is 5.76 Å². The molecule has 4 nitrogen and oxygen atoms in total. The van der Waals surface area contributed by atoms with Crippen LogP contribution in [0.4, 0.5) is 5.69 Å². The third-order valence-corrected chi connectivity index (χ3v) is 5.32. The van der Waals surface area contributed by atoms with E-state index in [-0.39, 0.29) is 11.3 Å². The molecule has 3 aromatic carbocycles. The number of halogens is 1. The van der Waals surface area contributed by atoms with E-state index in [0.717, 1.165) is 5.56 Å². The summed E-state index contributed by atoms with van der Waals surface area (Å²) in [6, 6.07) is 22.3. The van der Waals surface area contributed by atoms with Gasteiger partial charge in [0.25, 0.3) is 11.7 Å². The lowest BCUT2D eigenvalue weighted by atomic mass is 9.95. The highest BCUT2D eigenvalue weighted by Gasteiger charge is 2.47. The Morgan fingerprint density at radius 3 is 2.31 bits per heavy atom. The van der Waals surface area contributed by atoms with Crippen LogP contribution in [0.15, 0.2) is 84.4 Å². The number of ketones is 1. The van der Waals surface area contributed by atoms with E-state index in [1.165, 1.54) is 4.90 Å². The molecule has 0 radical (unpaired) electrons. The number of amides is 1. The van der Waals surface area contributed by atoms with Crippen LogP contribution in [0.1, 0.15) is 22.7 Å². The summed E-state index contributed by atoms with van der Waals surface area (Å²) in [6.45, 7) is 1.91. The van der Waals surface area contributed by atoms with E-state index in [9.17, 15) is 14.7 Å². The number of hydrogen-bond acceptors (Lipinski definition) is 3. The number of benzene rings is 3. The number of Topliss-reactive ketones (excluding diaryl/α,β-unsaturated/α-hetero) is 1. The van der Waals surface area contributed by atoms with Gasteiger partial charge in [0.05, 0.1) is 11.6 Å². The molecule has 1 N–H and O–H groups in total. The molecule has 0 aliphatic carbocycles. The van der Waals surface area contributed by atoms with E-state index in [1.807, 2.05) is 31.2 Å². The summed E-state index contributed by atoms with van der Waals surface area (Å²) in [6.07, 6.45) is 0. The minimum Gasteiger partial charge on any atom is -0.507 e. The van der Waals surface area contributed by atoms with Crippen LogP contribution in [0, 0.1) is 6.92 Å². The molecular formula is C24H18ClNO3. The zero-order valence-electron chi connectivity index (χ0n) is 15.7. The normalized spacial score (nSPS) is 18.3. The molecule has 0 spiro atoms. The van der Waals surface area contributed by atoms with E-state index in [2.05, 4.69) is 0 Å². The summed E-state index contributed by atoms with van der Waals surface area (Å²) in [5.74, 6) is -1.65. The predicted octanol–water partition coefficient (Wildman–Crippen LogP) is 5.27. The molecule has 0 aromatic heterocycles. The number of aliphatic hydroxyl groups is 1. The second-order valence-electron chi connectivity index (χ2n) is 6.90. The monoisotopic (exact) mass is 403 g/mol. The highest BCUT2D eigenvalue weighted by molar-refractivity contribution is 6.52. The summed E-state index contributed by atoms with van der Waals surface area (Å²) < 4.78 is 0. The second-order valence-corrected chi connectivity index (χ2v) is 7.30. The molecule has 1 amide bonds. The highest BCUT2D eigenvalue weighted by atomic mass is 35.5. The van der Waals surface area contributed by atoms with Crippen LogP contribution in [0.5, 0.6) is 0 Å². The fourth-order valence-electron chi connectivity index (χ4n) is 3.62. The first-order valence-electron chi connectivity index (χ1n) is 9.16. The van der Waals surface area contributed by atoms with Crippen molar-refractivity contribution in [3.8, 4) is 0 Å². The predicted molar refractivity (Wildman–Crippen MR) is 114 cm³/mol. The maximum absolute atomic E-state index is 13.0. The Labute approximate surface area is 173 Å². The first-order valence-corrected chi connectivity index (χ1v) is 9.54. The van der Waals surface area contributed by atoms with Gasteiger partial charge in [-0.25, -0.2) is 0 Å². The molecule has 1 saturated heterocycles. The van der Waals surface area contributed by atoms with Crippen molar-refractivity contribution in [2.24, 2.45) is 0 Å². The summed E-state index contributed by atoms with van der Waals surface area (Å²) in [7, 11) is 0. The van der Waals surface area contributed by atoms with Gasteiger partial charge in [0, 0.05) is 16.3 Å². The van der Waals surface area contributed by atoms with Crippen LogP contribution in [-0.2, 0) is 9.59 Å². The Balaban J connectivity index is 1.99. The van der Waals surface area contributed by atoms with Crippen molar-refractivity contribution in [1.82, 2.24) is 0 Å². The van der Waals surface area contributed by atoms with Crippen LogP contribution in [-0.4, -0.2) is 16.8 Å². The molecule has 1 fully saturated rings. The van der Waals surface area contributed by atoms with Crippen molar-refractivity contribution in [3.05, 3.63) is 106 Å². The number of carbonyl (C=O) groups is 2. The molecule has 144 valence electrons. The molecule has 1 aliphatic heterocycles. The van der Waals surface area contributed by atoms with Gasteiger partial charge in [-0.2, -0.15) is 0 Å². The minimum atomic E-state index is -0.828. The summed E-state index contributed by atoms with van der Waals surface area (Å²) in [5, 5.41) is 11.4. The Bertz CT molecular complexity index is 1140. The van der Waals surface area contributed by atoms with E-state index in [0.29, 0.717) is 21.8 Å². The zero-order valence-corrected chi connectivity index (χ0v) is 16.4. The van der Waals surface area contributed by atoms with Crippen molar-refractivity contribution < 1.29 is 14.7 Å². The van der Waals surface area contributed by atoms with E-state index < -0.39 is 17.7 Å². The molecule has 4 rings (SSSR count). The molecule has 5 heteroatoms. The Hall–Kier alpha value is -3.37. The number of rotatable bonds is 3. The number of aryl methyl sites for hydroxylation is 1. The SMILES string of the molecule is Cc1cccc(N2C(=O)C(=O)C(=C(O)c3ccccc3)[C@H]2c2ccccc2Cl)c1. The number of carbonyl (C=O) groups excluding carboxylic acids is 2. The highest BCUT2D eigenvalue weighted by Crippen LogP contribution is 2.44. The molecule has 3 aromatic rings. The standard InChI is InChI=1S/C24H18ClNO3/c1-15-8-7-11-17(14-15)26-21(18-12-5-6-13-19(18)25)20(23(28)24(26)29)22(27)16-9-3-2-4-10-16/h2-14,21,27H,1H3/t21-/m1/s1. The molecule has 0 unspecified atom stereocenters. The quantitative estimate of drug-likeness (QED) is 0.368. The second kappa shape index (κ2) is 7.57. The number of nitrogens with zero attached hydrogens (tertiary/aromatic N) is 1. The molecular weight excluding hydrogens is 386 g/mol. The topological polar surface area (TPSA) is 57.6 Å². The van der Waals surface area contributed by atoms with Gasteiger partial charge in [-0.15, -0.1) is 0 Å². The Morgan fingerprint density at radius 1 is 0.931 bits per heavy atom. The minimum absolute atomic E-state index is 0.0239. The van der Waals surface area contributed by atoms with Crippen molar-refractivity contribution >= 4 is 34.7 Å². The van der Waals surface area contributed by atoms with E-state index >= 15 is 0 Å². The first-order chi connectivity index (χ1) is 14.0. The van der Waals surface area contributed by atoms with Gasteiger partial charge in [0.1, 0.15) is 5.76 Å². The largest absolute Gasteiger partial charge is 0.507 e. The maximum atomic E-state index is 13.0. The van der Waals surface area contributed by atoms with Crippen LogP contribution in [0.2, 0.25) is 5.02 Å². The number of anilines is 1. The molecule has 0 saturated carbocycles. The maximum Gasteiger partial charge on any atom is 0.300 e. The van der Waals surface area contributed by atoms with Gasteiger partial charge in [-0.1, -0.05) is 72.3 Å². The summed E-state index contributed by atoms with van der Waals surface area (Å²) in [4.78, 5) is 27.5. The summed E-state index contributed by atoms with van der Waals surface area (Å²) in [5.41, 5.74) is 2.59. The Kier molecular flexibility index (Phi) is 4.95. The van der Waals surface area contributed by atoms with Crippen molar-refractivity contribution in [3.63, 3.8) is 0 Å². The number of hydrogen-bond donors (Lipinski definition) is 1. The fourth-order valence-corrected chi connectivity index (χ4v) is 3.86. The molecule has 1 aliphatic rings. The lowest BCUT2D eigenvalue weighted by Gasteiger charge is -2.26. The lowest BCUT2D eigenvalue weighted by Crippen LogP contribution is -2.29. The van der Waals surface area contributed by atoms with Gasteiger partial charge in [0.2, 0.25) is 0 Å². The average Bonchev–Trinajstić information content (AvgIpc) is 2.99. The lowest BCUT2D eigenvalue weighted by molar-refractivity contribution is -0.132. The third kappa shape index (κ3) is 3.32. The van der Waals surface area contributed by atoms with Gasteiger partial charge in [-0.3, -0.25) is 14.5 Å². The first kappa shape index (κ1) is 19.0. The van der Waals surface area contributed by atoms with Crippen LogP contribution < -0.4 is 4.90 Å². The van der Waals surface area contributed by atoms with Gasteiger partial charge in [0.15, 0.2) is 0 Å². The third-order valence-electron chi connectivity index (χ3n) is 4.97. The zero-order chi connectivity index (χ0) is 20.5. The molecule has 0 bridgehead atoms. The summed E-state index contributed by atoms with van der Waals surface area (Å²) >= 11 is 6.45.